The summed E-state index contributed by atoms with van der Waals surface area (Å²) in [6.07, 6.45) is 3.74. The maximum Gasteiger partial charge on any atom is 0.237 e. The second-order valence-electron chi connectivity index (χ2n) is 5.57. The lowest BCUT2D eigenvalue weighted by Gasteiger charge is -2.19. The predicted molar refractivity (Wildman–Crippen MR) is 73.5 cm³/mol. The minimum absolute atomic E-state index is 0.0630. The summed E-state index contributed by atoms with van der Waals surface area (Å²) in [7, 11) is 0. The summed E-state index contributed by atoms with van der Waals surface area (Å²) in [6, 6.07) is 5.46. The molecule has 2 unspecified atom stereocenters. The third-order valence-electron chi connectivity index (χ3n) is 4.27. The number of hydrogen-bond donors (Lipinski definition) is 1. The first kappa shape index (κ1) is 12.2. The minimum atomic E-state index is -0.124. The van der Waals surface area contributed by atoms with Crippen LogP contribution in [-0.2, 0) is 9.59 Å². The molecule has 19 heavy (non-hydrogen) atoms. The Balaban J connectivity index is 2.03. The highest BCUT2D eigenvalue weighted by molar-refractivity contribution is 6.23. The topological polar surface area (TPSA) is 63.4 Å². The molecule has 1 aromatic carbocycles. The van der Waals surface area contributed by atoms with Crippen molar-refractivity contribution in [3.63, 3.8) is 0 Å². The van der Waals surface area contributed by atoms with E-state index in [-0.39, 0.29) is 23.7 Å². The van der Waals surface area contributed by atoms with Crippen LogP contribution in [0.1, 0.15) is 31.2 Å². The van der Waals surface area contributed by atoms with Gasteiger partial charge in [0.2, 0.25) is 11.8 Å². The summed E-state index contributed by atoms with van der Waals surface area (Å²) in [5, 5.41) is 0. The van der Waals surface area contributed by atoms with E-state index >= 15 is 0 Å². The molecule has 100 valence electrons. The second kappa shape index (κ2) is 4.37. The molecule has 1 saturated carbocycles. The molecule has 3 rings (SSSR count). The van der Waals surface area contributed by atoms with E-state index in [4.69, 9.17) is 5.73 Å². The molecule has 2 fully saturated rings. The third kappa shape index (κ3) is 1.82. The Kier molecular flexibility index (Phi) is 2.81. The van der Waals surface area contributed by atoms with Crippen LogP contribution in [0.4, 0.5) is 11.4 Å². The number of carbonyl (C=O) groups excluding carboxylic acids is 2. The van der Waals surface area contributed by atoms with Crippen molar-refractivity contribution in [1.82, 2.24) is 0 Å². The van der Waals surface area contributed by atoms with E-state index in [1.165, 1.54) is 4.90 Å². The zero-order valence-electron chi connectivity index (χ0n) is 11.1. The molecule has 1 aromatic rings. The normalized spacial score (nSPS) is 26.7. The Bertz CT molecular complexity index is 529. The van der Waals surface area contributed by atoms with Crippen LogP contribution in [0, 0.1) is 18.8 Å². The molecular weight excluding hydrogens is 240 g/mol. The Morgan fingerprint density at radius 3 is 2.26 bits per heavy atom. The van der Waals surface area contributed by atoms with E-state index in [1.807, 2.05) is 19.1 Å². The van der Waals surface area contributed by atoms with Crippen molar-refractivity contribution in [2.75, 3.05) is 10.6 Å². The van der Waals surface area contributed by atoms with Crippen LogP contribution in [0.2, 0.25) is 0 Å². The van der Waals surface area contributed by atoms with Crippen molar-refractivity contribution < 1.29 is 9.59 Å². The first-order chi connectivity index (χ1) is 9.09. The molecule has 0 spiro atoms. The van der Waals surface area contributed by atoms with Gasteiger partial charge >= 0.3 is 0 Å². The number of imide groups is 1. The quantitative estimate of drug-likeness (QED) is 0.620. The first-order valence-corrected chi connectivity index (χ1v) is 6.83. The van der Waals surface area contributed by atoms with Crippen LogP contribution >= 0.6 is 0 Å². The van der Waals surface area contributed by atoms with Crippen molar-refractivity contribution in [2.45, 2.75) is 32.6 Å². The Labute approximate surface area is 112 Å². The van der Waals surface area contributed by atoms with Gasteiger partial charge in [-0.25, -0.2) is 4.90 Å². The number of hydrogen-bond acceptors (Lipinski definition) is 3. The van der Waals surface area contributed by atoms with Gasteiger partial charge < -0.3 is 5.73 Å². The van der Waals surface area contributed by atoms with Gasteiger partial charge in [-0.1, -0.05) is 18.9 Å². The van der Waals surface area contributed by atoms with Crippen molar-refractivity contribution >= 4 is 23.2 Å². The van der Waals surface area contributed by atoms with Gasteiger partial charge in [0, 0.05) is 0 Å². The van der Waals surface area contributed by atoms with E-state index in [0.29, 0.717) is 11.4 Å². The summed E-state index contributed by atoms with van der Waals surface area (Å²) in [5.74, 6) is -0.374. The van der Waals surface area contributed by atoms with Crippen LogP contribution in [-0.4, -0.2) is 11.8 Å². The Morgan fingerprint density at radius 2 is 1.68 bits per heavy atom. The van der Waals surface area contributed by atoms with Gasteiger partial charge in [0.1, 0.15) is 0 Å². The van der Waals surface area contributed by atoms with Gasteiger partial charge in [-0.05, 0) is 37.5 Å². The molecule has 1 saturated heterocycles. The zero-order valence-corrected chi connectivity index (χ0v) is 11.1. The lowest BCUT2D eigenvalue weighted by molar-refractivity contribution is -0.122. The van der Waals surface area contributed by atoms with Crippen molar-refractivity contribution in [3.05, 3.63) is 23.8 Å². The summed E-state index contributed by atoms with van der Waals surface area (Å²) in [6.45, 7) is 1.93. The van der Waals surface area contributed by atoms with Crippen LogP contribution in [0.15, 0.2) is 18.2 Å². The molecule has 1 aliphatic heterocycles. The number of carbonyl (C=O) groups is 2. The van der Waals surface area contributed by atoms with Crippen molar-refractivity contribution in [3.8, 4) is 0 Å². The number of aryl methyl sites for hydroxylation is 1. The molecule has 2 amide bonds. The minimum Gasteiger partial charge on any atom is -0.397 e. The summed E-state index contributed by atoms with van der Waals surface area (Å²) in [4.78, 5) is 26.2. The van der Waals surface area contributed by atoms with Gasteiger partial charge in [0.25, 0.3) is 0 Å². The number of nitrogens with two attached hydrogens (primary N) is 1. The first-order valence-electron chi connectivity index (χ1n) is 6.83. The highest BCUT2D eigenvalue weighted by Crippen LogP contribution is 2.41. The van der Waals surface area contributed by atoms with Gasteiger partial charge in [-0.15, -0.1) is 0 Å². The molecule has 0 bridgehead atoms. The zero-order chi connectivity index (χ0) is 13.6. The average Bonchev–Trinajstić information content (AvgIpc) is 2.66. The number of nitrogen functional groups attached to an aromatic ring is 1. The number of amides is 2. The van der Waals surface area contributed by atoms with Gasteiger partial charge in [-0.2, -0.15) is 0 Å². The number of rotatable bonds is 1. The Hall–Kier alpha value is -1.84. The maximum atomic E-state index is 12.5. The van der Waals surface area contributed by atoms with Crippen molar-refractivity contribution in [1.29, 1.82) is 0 Å². The number of anilines is 2. The smallest absolute Gasteiger partial charge is 0.237 e. The molecule has 4 heteroatoms. The van der Waals surface area contributed by atoms with Crippen LogP contribution in [0.25, 0.3) is 0 Å². The maximum absolute atomic E-state index is 12.5. The fraction of sp³-hybridized carbons (Fsp3) is 0.467. The Morgan fingerprint density at radius 1 is 1.11 bits per heavy atom. The molecule has 2 aliphatic rings. The summed E-state index contributed by atoms with van der Waals surface area (Å²) >= 11 is 0. The molecule has 1 heterocycles. The fourth-order valence-corrected chi connectivity index (χ4v) is 3.25. The standard InChI is InChI=1S/C15H18N2O2/c1-9-6-7-12(16)13(8-9)17-14(18)10-4-2-3-5-11(10)15(17)19/h6-8,10-11H,2-5,16H2,1H3. The fourth-order valence-electron chi connectivity index (χ4n) is 3.25. The molecule has 0 radical (unpaired) electrons. The van der Waals surface area contributed by atoms with Crippen LogP contribution < -0.4 is 10.6 Å². The highest BCUT2D eigenvalue weighted by atomic mass is 16.2. The van der Waals surface area contributed by atoms with E-state index < -0.39 is 0 Å². The van der Waals surface area contributed by atoms with Crippen LogP contribution in [0.5, 0.6) is 0 Å². The van der Waals surface area contributed by atoms with Crippen LogP contribution in [0.3, 0.4) is 0 Å². The molecule has 2 atom stereocenters. The molecule has 2 N–H and O–H groups in total. The van der Waals surface area contributed by atoms with E-state index in [2.05, 4.69) is 0 Å². The largest absolute Gasteiger partial charge is 0.397 e. The summed E-state index contributed by atoms with van der Waals surface area (Å²) in [5.41, 5.74) is 7.99. The van der Waals surface area contributed by atoms with E-state index in [1.54, 1.807) is 6.07 Å². The SMILES string of the molecule is Cc1ccc(N)c(N2C(=O)C3CCCCC3C2=O)c1. The molecular formula is C15H18N2O2. The average molecular weight is 258 g/mol. The van der Waals surface area contributed by atoms with Gasteiger partial charge in [0.15, 0.2) is 0 Å². The highest BCUT2D eigenvalue weighted by Gasteiger charge is 2.49. The van der Waals surface area contributed by atoms with Gasteiger partial charge in [0.05, 0.1) is 23.2 Å². The van der Waals surface area contributed by atoms with E-state index in [0.717, 1.165) is 31.2 Å². The predicted octanol–water partition coefficient (Wildman–Crippen LogP) is 2.26. The second-order valence-corrected chi connectivity index (χ2v) is 5.57. The number of benzene rings is 1. The van der Waals surface area contributed by atoms with Gasteiger partial charge in [-0.3, -0.25) is 9.59 Å². The number of nitrogens with zero attached hydrogens (tertiary/aromatic N) is 1. The van der Waals surface area contributed by atoms with E-state index in [9.17, 15) is 9.59 Å². The lowest BCUT2D eigenvalue weighted by atomic mass is 9.81. The molecule has 0 aromatic heterocycles. The summed E-state index contributed by atoms with van der Waals surface area (Å²) < 4.78 is 0. The molecule has 1 aliphatic carbocycles. The number of fused-ring (bicyclic) bond motifs is 1. The van der Waals surface area contributed by atoms with Crippen molar-refractivity contribution in [2.24, 2.45) is 11.8 Å². The molecule has 4 nitrogen and oxygen atoms in total. The third-order valence-corrected chi connectivity index (χ3v) is 4.27. The monoisotopic (exact) mass is 258 g/mol. The lowest BCUT2D eigenvalue weighted by Crippen LogP contribution is -2.31.